The molecule has 0 heterocycles. The molecule has 0 aliphatic carbocycles. The van der Waals surface area contributed by atoms with Gasteiger partial charge in [-0.3, -0.25) is 4.99 Å². The molecule has 0 atom stereocenters. The second-order valence-electron chi connectivity index (χ2n) is 4.53. The predicted molar refractivity (Wildman–Crippen MR) is 100 cm³/mol. The fourth-order valence-electron chi connectivity index (χ4n) is 1.89. The average molecular weight is 405 g/mol. The Morgan fingerprint density at radius 1 is 1.24 bits per heavy atom. The van der Waals surface area contributed by atoms with Crippen LogP contribution in [0.2, 0.25) is 0 Å². The number of nitrogens with one attached hydrogen (secondary N) is 1. The van der Waals surface area contributed by atoms with Crippen LogP contribution in [0.1, 0.15) is 12.5 Å². The van der Waals surface area contributed by atoms with Gasteiger partial charge in [0.05, 0.1) is 13.2 Å². The molecule has 5 nitrogen and oxygen atoms in total. The summed E-state index contributed by atoms with van der Waals surface area (Å²) < 4.78 is 5.28. The van der Waals surface area contributed by atoms with Crippen molar-refractivity contribution in [2.45, 2.75) is 6.92 Å². The second kappa shape index (κ2) is 14.2. The number of aliphatic imine (C=N–C) groups is 1. The van der Waals surface area contributed by atoms with E-state index in [1.165, 1.54) is 5.16 Å². The molecule has 0 unspecified atom stereocenters. The van der Waals surface area contributed by atoms with Gasteiger partial charge in [0.1, 0.15) is 5.75 Å². The summed E-state index contributed by atoms with van der Waals surface area (Å²) in [5, 5.41) is 23.7. The van der Waals surface area contributed by atoms with Gasteiger partial charge in [0.15, 0.2) is 0 Å². The maximum atomic E-state index is 12.0. The van der Waals surface area contributed by atoms with Crippen LogP contribution in [-0.4, -0.2) is 31.1 Å². The second-order valence-corrected chi connectivity index (χ2v) is 4.71. The van der Waals surface area contributed by atoms with Crippen LogP contribution in [-0.2, 0) is 17.1 Å². The summed E-state index contributed by atoms with van der Waals surface area (Å²) in [4.78, 5) is 4.28. The predicted octanol–water partition coefficient (Wildman–Crippen LogP) is 3.35. The van der Waals surface area contributed by atoms with Gasteiger partial charge in [-0.15, -0.1) is 0 Å². The maximum absolute atomic E-state index is 12.0. The fraction of sp³-hybridized carbons (Fsp3) is 0.222. The maximum Gasteiger partial charge on any atom is 2.00 e. The van der Waals surface area contributed by atoms with Gasteiger partial charge in [0.2, 0.25) is 0 Å². The molecule has 7 heteroatoms. The molecule has 2 rings (SSSR count). The topological polar surface area (TPSA) is 79.0 Å². The number of hydrogen-bond acceptors (Lipinski definition) is 5. The van der Waals surface area contributed by atoms with Crippen molar-refractivity contribution in [2.75, 3.05) is 25.0 Å². The molecule has 0 aromatic heterocycles. The molecular formula is C18H19CuN3O2S. The van der Waals surface area contributed by atoms with Crippen LogP contribution >= 0.6 is 12.2 Å². The van der Waals surface area contributed by atoms with E-state index in [2.05, 4.69) is 22.5 Å². The van der Waals surface area contributed by atoms with Crippen molar-refractivity contribution in [1.29, 1.82) is 0 Å². The third kappa shape index (κ3) is 9.03. The summed E-state index contributed by atoms with van der Waals surface area (Å²) in [6.45, 7) is 3.67. The molecular weight excluding hydrogens is 386 g/mol. The van der Waals surface area contributed by atoms with E-state index in [0.29, 0.717) is 24.5 Å². The van der Waals surface area contributed by atoms with Crippen LogP contribution in [0.15, 0.2) is 53.5 Å². The van der Waals surface area contributed by atoms with Gasteiger partial charge >= 0.3 is 17.1 Å². The standard InChI is InChI=1S/C17H20N2O2.CNS.Cu/c1-2-21-16-10-6-7-14(17(16)20)13-18-11-12-19-15-8-4-3-5-9-15;2-1-3;/h3-10,13,19-20H,2,11-12H2,1H3;;/q;-1;+2/p-1. The number of hydrogen-bond donors (Lipinski definition) is 1. The van der Waals surface area contributed by atoms with Gasteiger partial charge in [-0.05, 0) is 30.7 Å². The molecule has 0 amide bonds. The number of ether oxygens (including phenoxy) is 1. The molecule has 0 bridgehead atoms. The van der Waals surface area contributed by atoms with Crippen molar-refractivity contribution in [3.63, 3.8) is 0 Å². The molecule has 135 valence electrons. The Morgan fingerprint density at radius 2 is 1.92 bits per heavy atom. The summed E-state index contributed by atoms with van der Waals surface area (Å²) in [6, 6.07) is 15.2. The van der Waals surface area contributed by atoms with Gasteiger partial charge in [-0.25, -0.2) is 0 Å². The molecule has 2 aromatic carbocycles. The van der Waals surface area contributed by atoms with Crippen LogP contribution in [0.5, 0.6) is 11.5 Å². The summed E-state index contributed by atoms with van der Waals surface area (Å²) in [6.07, 6.45) is 1.61. The van der Waals surface area contributed by atoms with Crippen molar-refractivity contribution in [3.8, 4) is 11.5 Å². The Kier molecular flexibility index (Phi) is 13.0. The number of nitrogens with zero attached hydrogens (tertiary/aromatic N) is 2. The third-order valence-corrected chi connectivity index (χ3v) is 2.88. The first-order valence-corrected chi connectivity index (χ1v) is 7.86. The summed E-state index contributed by atoms with van der Waals surface area (Å²) in [5.41, 5.74) is 1.62. The summed E-state index contributed by atoms with van der Waals surface area (Å²) in [7, 11) is 0. The molecule has 0 saturated heterocycles. The van der Waals surface area contributed by atoms with E-state index < -0.39 is 0 Å². The Hall–Kier alpha value is -2.17. The third-order valence-electron chi connectivity index (χ3n) is 2.88. The van der Waals surface area contributed by atoms with E-state index >= 15 is 0 Å². The van der Waals surface area contributed by atoms with Crippen LogP contribution < -0.4 is 15.2 Å². The van der Waals surface area contributed by atoms with Crippen molar-refractivity contribution in [3.05, 3.63) is 59.5 Å². The molecule has 0 saturated carbocycles. The van der Waals surface area contributed by atoms with Crippen LogP contribution in [0.25, 0.3) is 5.41 Å². The molecule has 1 radical (unpaired) electrons. The number of anilines is 1. The molecule has 25 heavy (non-hydrogen) atoms. The molecule has 0 spiro atoms. The van der Waals surface area contributed by atoms with Crippen LogP contribution in [0.3, 0.4) is 0 Å². The monoisotopic (exact) mass is 404 g/mol. The first kappa shape index (κ1) is 22.8. The molecule has 2 aromatic rings. The quantitative estimate of drug-likeness (QED) is 0.332. The Balaban J connectivity index is 0.00000134. The van der Waals surface area contributed by atoms with E-state index in [9.17, 15) is 5.11 Å². The van der Waals surface area contributed by atoms with E-state index in [-0.39, 0.29) is 22.8 Å². The van der Waals surface area contributed by atoms with E-state index in [4.69, 9.17) is 10.1 Å². The Morgan fingerprint density at radius 3 is 2.56 bits per heavy atom. The molecule has 0 fully saturated rings. The van der Waals surface area contributed by atoms with Crippen molar-refractivity contribution < 1.29 is 26.9 Å². The van der Waals surface area contributed by atoms with Crippen molar-refractivity contribution >= 4 is 29.3 Å². The smallest absolute Gasteiger partial charge is 0.870 e. The number of para-hydroxylation sites is 2. The SMILES string of the molecule is CCOc1cccc(C=NCCNc2ccccc2)c1[O-].[Cu+2].[N-]=C=S. The number of benzene rings is 2. The summed E-state index contributed by atoms with van der Waals surface area (Å²) in [5.74, 6) is 0.267. The Bertz CT molecular complexity index is 675. The van der Waals surface area contributed by atoms with Crippen molar-refractivity contribution in [2.24, 2.45) is 4.99 Å². The zero-order valence-corrected chi connectivity index (χ0v) is 15.5. The first-order chi connectivity index (χ1) is 11.7. The van der Waals surface area contributed by atoms with Crippen LogP contribution in [0, 0.1) is 0 Å². The number of thiocarbonyl (C=S) groups is 1. The minimum atomic E-state index is -0.112. The van der Waals surface area contributed by atoms with E-state index in [1.807, 2.05) is 37.3 Å². The van der Waals surface area contributed by atoms with Crippen molar-refractivity contribution in [1.82, 2.24) is 0 Å². The Labute approximate surface area is 164 Å². The van der Waals surface area contributed by atoms with Gasteiger partial charge in [-0.2, -0.15) is 5.16 Å². The zero-order valence-electron chi connectivity index (χ0n) is 13.7. The van der Waals surface area contributed by atoms with Gasteiger partial charge in [0, 0.05) is 18.4 Å². The molecule has 1 N–H and O–H groups in total. The van der Waals surface area contributed by atoms with Gasteiger partial charge < -0.3 is 20.6 Å². The first-order valence-electron chi connectivity index (χ1n) is 7.45. The van der Waals surface area contributed by atoms with E-state index in [0.717, 1.165) is 12.2 Å². The van der Waals surface area contributed by atoms with Crippen LogP contribution in [0.4, 0.5) is 5.69 Å². The fourth-order valence-corrected chi connectivity index (χ4v) is 1.89. The average Bonchev–Trinajstić information content (AvgIpc) is 2.59. The minimum Gasteiger partial charge on any atom is -0.870 e. The van der Waals surface area contributed by atoms with Gasteiger partial charge in [-0.1, -0.05) is 48.3 Å². The molecule has 0 aliphatic rings. The largest absolute Gasteiger partial charge is 2.00 e. The number of rotatable bonds is 7. The normalized spacial score (nSPS) is 9.32. The van der Waals surface area contributed by atoms with Gasteiger partial charge in [0.25, 0.3) is 0 Å². The summed E-state index contributed by atoms with van der Waals surface area (Å²) >= 11 is 3.70. The minimum absolute atomic E-state index is 0. The number of isothiocyanates is 1. The van der Waals surface area contributed by atoms with E-state index in [1.54, 1.807) is 24.4 Å². The molecule has 0 aliphatic heterocycles. The zero-order chi connectivity index (χ0) is 17.6.